The molecular formula is C16H21ClFN3O2. The number of rotatable bonds is 2. The smallest absolute Gasteiger partial charge is 0.313 e. The van der Waals surface area contributed by atoms with Gasteiger partial charge in [0.05, 0.1) is 10.7 Å². The Bertz CT molecular complexity index is 611. The first-order valence-corrected chi connectivity index (χ1v) is 7.90. The van der Waals surface area contributed by atoms with E-state index in [-0.39, 0.29) is 16.8 Å². The number of piperidine rings is 1. The minimum absolute atomic E-state index is 0.0161. The summed E-state index contributed by atoms with van der Waals surface area (Å²) in [5, 5.41) is 2.56. The Hall–Kier alpha value is -1.66. The van der Waals surface area contributed by atoms with Crippen LogP contribution >= 0.6 is 11.6 Å². The number of carbonyl (C=O) groups is 2. The summed E-state index contributed by atoms with van der Waals surface area (Å²) >= 11 is 5.90. The zero-order valence-corrected chi connectivity index (χ0v) is 14.2. The van der Waals surface area contributed by atoms with E-state index in [0.717, 1.165) is 25.5 Å². The predicted molar refractivity (Wildman–Crippen MR) is 87.9 cm³/mol. The van der Waals surface area contributed by atoms with E-state index >= 15 is 0 Å². The molecule has 0 bridgehead atoms. The number of anilines is 1. The predicted octanol–water partition coefficient (Wildman–Crippen LogP) is 2.36. The zero-order chi connectivity index (χ0) is 17.1. The van der Waals surface area contributed by atoms with Crippen molar-refractivity contribution in [3.05, 3.63) is 29.0 Å². The standard InChI is InChI=1S/C16H21ClFN3O2/c1-10-8-12(6-7-20(10)2)21(3)16(23)15(22)19-14-9-11(18)4-5-13(14)17/h4-5,9-10,12H,6-8H2,1-3H3,(H,19,22)/t10-,12+/m1/s1. The molecule has 0 radical (unpaired) electrons. The van der Waals surface area contributed by atoms with E-state index in [1.54, 1.807) is 7.05 Å². The topological polar surface area (TPSA) is 52.7 Å². The minimum atomic E-state index is -0.813. The number of halogens is 2. The lowest BCUT2D eigenvalue weighted by Gasteiger charge is -2.39. The molecule has 23 heavy (non-hydrogen) atoms. The largest absolute Gasteiger partial charge is 0.334 e. The van der Waals surface area contributed by atoms with Gasteiger partial charge in [0, 0.05) is 25.7 Å². The molecule has 0 unspecified atom stereocenters. The maximum Gasteiger partial charge on any atom is 0.313 e. The van der Waals surface area contributed by atoms with Gasteiger partial charge in [-0.15, -0.1) is 0 Å². The van der Waals surface area contributed by atoms with Gasteiger partial charge in [-0.05, 0) is 45.0 Å². The third kappa shape index (κ3) is 4.20. The van der Waals surface area contributed by atoms with Crippen molar-refractivity contribution < 1.29 is 14.0 Å². The number of likely N-dealkylation sites (tertiary alicyclic amines) is 1. The molecule has 1 aliphatic rings. The highest BCUT2D eigenvalue weighted by molar-refractivity contribution is 6.41. The summed E-state index contributed by atoms with van der Waals surface area (Å²) in [6.07, 6.45) is 1.63. The van der Waals surface area contributed by atoms with Crippen LogP contribution in [0, 0.1) is 5.82 Å². The second-order valence-electron chi connectivity index (χ2n) is 6.00. The molecule has 1 aromatic carbocycles. The molecule has 5 nitrogen and oxygen atoms in total. The number of likely N-dealkylation sites (N-methyl/N-ethyl adjacent to an activating group) is 1. The van der Waals surface area contributed by atoms with Gasteiger partial charge < -0.3 is 15.1 Å². The third-order valence-electron chi connectivity index (χ3n) is 4.42. The van der Waals surface area contributed by atoms with Gasteiger partial charge in [-0.1, -0.05) is 11.6 Å². The summed E-state index contributed by atoms with van der Waals surface area (Å²) in [5.41, 5.74) is 0.0927. The van der Waals surface area contributed by atoms with Gasteiger partial charge in [0.1, 0.15) is 5.82 Å². The normalized spacial score (nSPS) is 21.8. The average molecular weight is 342 g/mol. The fourth-order valence-corrected chi connectivity index (χ4v) is 2.88. The number of nitrogens with one attached hydrogen (secondary N) is 1. The van der Waals surface area contributed by atoms with Gasteiger partial charge in [-0.25, -0.2) is 4.39 Å². The summed E-state index contributed by atoms with van der Waals surface area (Å²) in [5.74, 6) is -1.99. The van der Waals surface area contributed by atoms with Crippen LogP contribution in [0.4, 0.5) is 10.1 Å². The Morgan fingerprint density at radius 1 is 1.43 bits per heavy atom. The van der Waals surface area contributed by atoms with Gasteiger partial charge in [0.2, 0.25) is 0 Å². The van der Waals surface area contributed by atoms with E-state index in [9.17, 15) is 14.0 Å². The van der Waals surface area contributed by atoms with Crippen molar-refractivity contribution in [2.75, 3.05) is 26.0 Å². The number of hydrogen-bond donors (Lipinski definition) is 1. The van der Waals surface area contributed by atoms with Crippen molar-refractivity contribution in [3.63, 3.8) is 0 Å². The molecule has 2 amide bonds. The Balaban J connectivity index is 2.01. The average Bonchev–Trinajstić information content (AvgIpc) is 2.52. The second-order valence-corrected chi connectivity index (χ2v) is 6.41. The van der Waals surface area contributed by atoms with Gasteiger partial charge >= 0.3 is 11.8 Å². The quantitative estimate of drug-likeness (QED) is 0.840. The van der Waals surface area contributed by atoms with Crippen molar-refractivity contribution in [1.82, 2.24) is 9.80 Å². The summed E-state index contributed by atoms with van der Waals surface area (Å²) in [4.78, 5) is 28.1. The molecule has 1 heterocycles. The number of nitrogens with zero attached hydrogens (tertiary/aromatic N) is 2. The molecule has 2 atom stereocenters. The molecule has 0 spiro atoms. The summed E-state index contributed by atoms with van der Waals surface area (Å²) < 4.78 is 13.2. The molecular weight excluding hydrogens is 321 g/mol. The van der Waals surface area contributed by atoms with E-state index in [0.29, 0.717) is 6.04 Å². The van der Waals surface area contributed by atoms with Crippen LogP contribution in [-0.4, -0.2) is 54.3 Å². The molecule has 0 aliphatic carbocycles. The Labute approximate surface area is 140 Å². The molecule has 2 rings (SSSR count). The fourth-order valence-electron chi connectivity index (χ4n) is 2.71. The molecule has 0 saturated carbocycles. The SMILES string of the molecule is C[C@@H]1C[C@@H](N(C)C(=O)C(=O)Nc2cc(F)ccc2Cl)CCN1C. The number of amides is 2. The molecule has 0 aromatic heterocycles. The lowest BCUT2D eigenvalue weighted by atomic mass is 9.97. The molecule has 7 heteroatoms. The van der Waals surface area contributed by atoms with Crippen LogP contribution in [0.25, 0.3) is 0 Å². The van der Waals surface area contributed by atoms with Crippen LogP contribution in [0.15, 0.2) is 18.2 Å². The maximum absolute atomic E-state index is 13.2. The minimum Gasteiger partial charge on any atom is -0.334 e. The Kier molecular flexibility index (Phi) is 5.59. The third-order valence-corrected chi connectivity index (χ3v) is 4.75. The first kappa shape index (κ1) is 17.7. The Morgan fingerprint density at radius 3 is 2.78 bits per heavy atom. The van der Waals surface area contributed by atoms with Gasteiger partial charge in [0.25, 0.3) is 0 Å². The first-order valence-electron chi connectivity index (χ1n) is 7.53. The van der Waals surface area contributed by atoms with Crippen LogP contribution < -0.4 is 5.32 Å². The highest BCUT2D eigenvalue weighted by Crippen LogP contribution is 2.23. The lowest BCUT2D eigenvalue weighted by molar-refractivity contribution is -0.144. The molecule has 1 N–H and O–H groups in total. The van der Waals surface area contributed by atoms with E-state index in [1.165, 1.54) is 17.0 Å². The lowest BCUT2D eigenvalue weighted by Crippen LogP contribution is -2.50. The fraction of sp³-hybridized carbons (Fsp3) is 0.500. The second kappa shape index (κ2) is 7.27. The highest BCUT2D eigenvalue weighted by atomic mass is 35.5. The summed E-state index contributed by atoms with van der Waals surface area (Å²) in [6, 6.07) is 3.98. The van der Waals surface area contributed by atoms with Crippen LogP contribution in [0.1, 0.15) is 19.8 Å². The van der Waals surface area contributed by atoms with Crippen molar-refractivity contribution >= 4 is 29.1 Å². The van der Waals surface area contributed by atoms with E-state index in [1.807, 2.05) is 7.05 Å². The molecule has 1 fully saturated rings. The van der Waals surface area contributed by atoms with Crippen molar-refractivity contribution in [1.29, 1.82) is 0 Å². The monoisotopic (exact) mass is 341 g/mol. The molecule has 1 aliphatic heterocycles. The Morgan fingerprint density at radius 2 is 2.13 bits per heavy atom. The zero-order valence-electron chi connectivity index (χ0n) is 13.5. The summed E-state index contributed by atoms with van der Waals surface area (Å²) in [7, 11) is 3.67. The van der Waals surface area contributed by atoms with Crippen LogP contribution in [-0.2, 0) is 9.59 Å². The molecule has 1 aromatic rings. The van der Waals surface area contributed by atoms with E-state index < -0.39 is 17.6 Å². The van der Waals surface area contributed by atoms with Crippen molar-refractivity contribution in [3.8, 4) is 0 Å². The maximum atomic E-state index is 13.2. The molecule has 126 valence electrons. The van der Waals surface area contributed by atoms with Gasteiger partial charge in [-0.2, -0.15) is 0 Å². The highest BCUT2D eigenvalue weighted by Gasteiger charge is 2.30. The van der Waals surface area contributed by atoms with Crippen molar-refractivity contribution in [2.45, 2.75) is 31.8 Å². The number of carbonyl (C=O) groups excluding carboxylic acids is 2. The van der Waals surface area contributed by atoms with Crippen LogP contribution in [0.3, 0.4) is 0 Å². The van der Waals surface area contributed by atoms with Crippen LogP contribution in [0.5, 0.6) is 0 Å². The number of benzene rings is 1. The number of hydrogen-bond acceptors (Lipinski definition) is 3. The van der Waals surface area contributed by atoms with Gasteiger partial charge in [0.15, 0.2) is 0 Å². The van der Waals surface area contributed by atoms with Gasteiger partial charge in [-0.3, -0.25) is 9.59 Å². The first-order chi connectivity index (χ1) is 10.8. The van der Waals surface area contributed by atoms with E-state index in [2.05, 4.69) is 17.1 Å². The van der Waals surface area contributed by atoms with Crippen molar-refractivity contribution in [2.24, 2.45) is 0 Å². The van der Waals surface area contributed by atoms with E-state index in [4.69, 9.17) is 11.6 Å². The van der Waals surface area contributed by atoms with Crippen LogP contribution in [0.2, 0.25) is 5.02 Å². The molecule has 1 saturated heterocycles. The summed E-state index contributed by atoms with van der Waals surface area (Å²) in [6.45, 7) is 2.97.